The van der Waals surface area contributed by atoms with E-state index in [1.807, 2.05) is 20.8 Å². The number of piperidine rings is 1. The SMILES string of the molecule is CC(C)(C)N(CC(O[Si](C)(C)C(C)(C)C)C1CCNCC1)C(=O)O. The van der Waals surface area contributed by atoms with E-state index < -0.39 is 19.9 Å². The second-order valence-electron chi connectivity index (χ2n) is 9.57. The molecule has 142 valence electrons. The summed E-state index contributed by atoms with van der Waals surface area (Å²) in [7, 11) is -1.95. The van der Waals surface area contributed by atoms with Gasteiger partial charge in [-0.2, -0.15) is 0 Å². The van der Waals surface area contributed by atoms with E-state index in [1.165, 1.54) is 0 Å². The molecule has 6 heteroatoms. The summed E-state index contributed by atoms with van der Waals surface area (Å²) in [5.74, 6) is 0.421. The van der Waals surface area contributed by atoms with Crippen molar-refractivity contribution in [2.24, 2.45) is 5.92 Å². The van der Waals surface area contributed by atoms with Crippen LogP contribution in [0.15, 0.2) is 0 Å². The van der Waals surface area contributed by atoms with Gasteiger partial charge in [0.05, 0.1) is 6.10 Å². The van der Waals surface area contributed by atoms with Crippen LogP contribution >= 0.6 is 0 Å². The van der Waals surface area contributed by atoms with Crippen LogP contribution in [0.3, 0.4) is 0 Å². The van der Waals surface area contributed by atoms with Crippen LogP contribution < -0.4 is 5.32 Å². The van der Waals surface area contributed by atoms with Gasteiger partial charge in [-0.05, 0) is 70.8 Å². The summed E-state index contributed by atoms with van der Waals surface area (Å²) < 4.78 is 6.72. The largest absolute Gasteiger partial charge is 0.465 e. The van der Waals surface area contributed by atoms with Gasteiger partial charge >= 0.3 is 6.09 Å². The number of nitrogens with zero attached hydrogens (tertiary/aromatic N) is 1. The quantitative estimate of drug-likeness (QED) is 0.725. The molecule has 1 amide bonds. The van der Waals surface area contributed by atoms with Crippen molar-refractivity contribution in [1.82, 2.24) is 10.2 Å². The van der Waals surface area contributed by atoms with E-state index in [1.54, 1.807) is 4.90 Å². The Morgan fingerprint density at radius 1 is 1.21 bits per heavy atom. The average molecular weight is 359 g/mol. The highest BCUT2D eigenvalue weighted by Gasteiger charge is 2.42. The van der Waals surface area contributed by atoms with Crippen molar-refractivity contribution in [3.63, 3.8) is 0 Å². The number of rotatable bonds is 5. The van der Waals surface area contributed by atoms with Gasteiger partial charge in [0.15, 0.2) is 8.32 Å². The molecule has 24 heavy (non-hydrogen) atoms. The van der Waals surface area contributed by atoms with Crippen molar-refractivity contribution >= 4 is 14.4 Å². The molecule has 1 aliphatic heterocycles. The Labute approximate surface area is 149 Å². The van der Waals surface area contributed by atoms with Crippen molar-refractivity contribution in [1.29, 1.82) is 0 Å². The minimum atomic E-state index is -1.95. The fourth-order valence-corrected chi connectivity index (χ4v) is 4.25. The normalized spacial score (nSPS) is 19.2. The molecular formula is C18H38N2O3Si. The number of amides is 1. The fraction of sp³-hybridized carbons (Fsp3) is 0.944. The Kier molecular flexibility index (Phi) is 6.92. The second-order valence-corrected chi connectivity index (χ2v) is 14.3. The molecule has 1 rings (SSSR count). The molecule has 0 bridgehead atoms. The van der Waals surface area contributed by atoms with Gasteiger partial charge in [0.25, 0.3) is 0 Å². The average Bonchev–Trinajstić information content (AvgIpc) is 2.41. The Bertz CT molecular complexity index is 421. The lowest BCUT2D eigenvalue weighted by atomic mass is 9.91. The van der Waals surface area contributed by atoms with E-state index in [9.17, 15) is 9.90 Å². The van der Waals surface area contributed by atoms with Gasteiger partial charge in [-0.3, -0.25) is 0 Å². The Balaban J connectivity index is 3.02. The van der Waals surface area contributed by atoms with Crippen molar-refractivity contribution in [2.75, 3.05) is 19.6 Å². The minimum absolute atomic E-state index is 0.0247. The summed E-state index contributed by atoms with van der Waals surface area (Å²) in [6.45, 7) is 19.5. The highest BCUT2D eigenvalue weighted by atomic mass is 28.4. The van der Waals surface area contributed by atoms with Gasteiger partial charge in [0.2, 0.25) is 0 Å². The first kappa shape index (κ1) is 21.4. The van der Waals surface area contributed by atoms with Gasteiger partial charge < -0.3 is 19.7 Å². The molecule has 0 aliphatic carbocycles. The van der Waals surface area contributed by atoms with Gasteiger partial charge in [0.1, 0.15) is 0 Å². The predicted octanol–water partition coefficient (Wildman–Crippen LogP) is 4.15. The second kappa shape index (κ2) is 7.75. The molecule has 2 N–H and O–H groups in total. The number of carboxylic acid groups (broad SMARTS) is 1. The lowest BCUT2D eigenvalue weighted by Gasteiger charge is -2.45. The Hall–Kier alpha value is -0.593. The molecule has 0 aromatic heterocycles. The molecule has 5 nitrogen and oxygen atoms in total. The van der Waals surface area contributed by atoms with E-state index in [0.29, 0.717) is 12.5 Å². The Morgan fingerprint density at radius 2 is 1.71 bits per heavy atom. The molecule has 1 fully saturated rings. The maximum absolute atomic E-state index is 11.8. The zero-order valence-electron chi connectivity index (χ0n) is 16.9. The third-order valence-corrected chi connectivity index (χ3v) is 10.1. The first-order valence-electron chi connectivity index (χ1n) is 9.15. The topological polar surface area (TPSA) is 61.8 Å². The number of nitrogens with one attached hydrogen (secondary N) is 1. The molecule has 1 aliphatic rings. The lowest BCUT2D eigenvalue weighted by molar-refractivity contribution is 0.0289. The summed E-state index contributed by atoms with van der Waals surface area (Å²) in [6.07, 6.45) is 1.22. The summed E-state index contributed by atoms with van der Waals surface area (Å²) >= 11 is 0. The van der Waals surface area contributed by atoms with Gasteiger partial charge in [-0.1, -0.05) is 20.8 Å². The molecule has 1 unspecified atom stereocenters. The zero-order chi connectivity index (χ0) is 18.8. The van der Waals surface area contributed by atoms with Crippen LogP contribution in [0.4, 0.5) is 4.79 Å². The van der Waals surface area contributed by atoms with Crippen LogP contribution in [0.1, 0.15) is 54.4 Å². The van der Waals surface area contributed by atoms with Crippen LogP contribution in [0.5, 0.6) is 0 Å². The number of hydrogen-bond acceptors (Lipinski definition) is 3. The fourth-order valence-electron chi connectivity index (χ4n) is 2.87. The molecule has 1 heterocycles. The standard InChI is InChI=1S/C18H38N2O3Si/c1-17(2,3)20(16(21)22)13-15(14-9-11-19-12-10-14)23-24(7,8)18(4,5)6/h14-15,19H,9-13H2,1-8H3,(H,21,22). The third kappa shape index (κ3) is 5.74. The summed E-state index contributed by atoms with van der Waals surface area (Å²) in [5, 5.41) is 13.2. The first-order valence-corrected chi connectivity index (χ1v) is 12.1. The highest BCUT2D eigenvalue weighted by molar-refractivity contribution is 6.74. The van der Waals surface area contributed by atoms with E-state index in [0.717, 1.165) is 25.9 Å². The molecule has 0 radical (unpaired) electrons. The summed E-state index contributed by atoms with van der Waals surface area (Å²) in [4.78, 5) is 13.3. The van der Waals surface area contributed by atoms with Gasteiger partial charge in [-0.15, -0.1) is 0 Å². The van der Waals surface area contributed by atoms with Crippen molar-refractivity contribution < 1.29 is 14.3 Å². The summed E-state index contributed by atoms with van der Waals surface area (Å²) in [5.41, 5.74) is -0.423. The van der Waals surface area contributed by atoms with Crippen molar-refractivity contribution in [3.05, 3.63) is 0 Å². The first-order chi connectivity index (χ1) is 10.8. The Morgan fingerprint density at radius 3 is 2.08 bits per heavy atom. The van der Waals surface area contributed by atoms with Crippen LogP contribution in [-0.2, 0) is 4.43 Å². The van der Waals surface area contributed by atoms with E-state index in [2.05, 4.69) is 39.2 Å². The highest BCUT2D eigenvalue weighted by Crippen LogP contribution is 2.39. The van der Waals surface area contributed by atoms with Gasteiger partial charge in [-0.25, -0.2) is 4.79 Å². The molecule has 0 aromatic carbocycles. The van der Waals surface area contributed by atoms with Crippen LogP contribution in [-0.4, -0.2) is 55.7 Å². The van der Waals surface area contributed by atoms with Crippen LogP contribution in [0.2, 0.25) is 18.1 Å². The number of hydrogen-bond donors (Lipinski definition) is 2. The predicted molar refractivity (Wildman–Crippen MR) is 102 cm³/mol. The lowest BCUT2D eigenvalue weighted by Crippen LogP contribution is -2.55. The molecule has 0 saturated carbocycles. The zero-order valence-corrected chi connectivity index (χ0v) is 17.9. The molecule has 0 aromatic rings. The maximum Gasteiger partial charge on any atom is 0.407 e. The maximum atomic E-state index is 11.8. The van der Waals surface area contributed by atoms with Crippen molar-refractivity contribution in [3.8, 4) is 0 Å². The smallest absolute Gasteiger partial charge is 0.407 e. The van der Waals surface area contributed by atoms with E-state index >= 15 is 0 Å². The van der Waals surface area contributed by atoms with Crippen molar-refractivity contribution in [2.45, 2.75) is 84.2 Å². The molecule has 1 atom stereocenters. The van der Waals surface area contributed by atoms with E-state index in [-0.39, 0.29) is 11.1 Å². The number of carbonyl (C=O) groups is 1. The minimum Gasteiger partial charge on any atom is -0.465 e. The van der Waals surface area contributed by atoms with Crippen LogP contribution in [0.25, 0.3) is 0 Å². The third-order valence-electron chi connectivity index (χ3n) is 5.56. The molecule has 1 saturated heterocycles. The van der Waals surface area contributed by atoms with Gasteiger partial charge in [0, 0.05) is 12.1 Å². The molecular weight excluding hydrogens is 320 g/mol. The van der Waals surface area contributed by atoms with Crippen LogP contribution in [0, 0.1) is 5.92 Å². The summed E-state index contributed by atoms with van der Waals surface area (Å²) in [6, 6.07) is 0. The van der Waals surface area contributed by atoms with E-state index in [4.69, 9.17) is 4.43 Å². The monoisotopic (exact) mass is 358 g/mol. The molecule has 0 spiro atoms.